The molecule has 45 heavy (non-hydrogen) atoms. The van der Waals surface area contributed by atoms with Crippen LogP contribution in [0, 0.1) is 17.8 Å². The molecule has 0 fully saturated rings. The molecule has 0 radical (unpaired) electrons. The van der Waals surface area contributed by atoms with E-state index in [2.05, 4.69) is 31.9 Å². The van der Waals surface area contributed by atoms with Crippen molar-refractivity contribution < 1.29 is 48.9 Å². The van der Waals surface area contributed by atoms with Crippen LogP contribution in [0.4, 0.5) is 0 Å². The van der Waals surface area contributed by atoms with Gasteiger partial charge in [-0.05, 0) is 38.5 Å². The molecule has 258 valence electrons. The molecule has 0 saturated heterocycles. The van der Waals surface area contributed by atoms with Gasteiger partial charge in [0, 0.05) is 0 Å². The van der Waals surface area contributed by atoms with Crippen LogP contribution in [0.5, 0.6) is 0 Å². The van der Waals surface area contributed by atoms with E-state index in [-0.39, 0.29) is 5.92 Å². The van der Waals surface area contributed by atoms with Gasteiger partial charge in [0.05, 0.1) is 24.8 Å². The fourth-order valence-electron chi connectivity index (χ4n) is 3.79. The Labute approximate surface area is 263 Å². The average Bonchev–Trinajstić information content (AvgIpc) is 2.92. The van der Waals surface area contributed by atoms with Gasteiger partial charge in [0.25, 0.3) is 0 Å². The SMILES string of the molecule is CC(C)[C@H](N)C(=O)N[C@H](C(=O)N[C@H](C(=O)NCC(=O)N[C@H](C(=O)N[C@H](C(=O)N[C@@H](C)C(=O)O)[C@@H](C)O)C(C)C)[C@@H](C)O)C(C)C. The number of carbonyl (C=O) groups is 7. The van der Waals surface area contributed by atoms with Crippen LogP contribution in [0.15, 0.2) is 0 Å². The summed E-state index contributed by atoms with van der Waals surface area (Å²) in [6.07, 6.45) is -2.82. The average molecular weight is 646 g/mol. The minimum absolute atomic E-state index is 0.198. The zero-order chi connectivity index (χ0) is 35.3. The summed E-state index contributed by atoms with van der Waals surface area (Å²) in [5.41, 5.74) is 5.86. The maximum Gasteiger partial charge on any atom is 0.325 e. The highest BCUT2D eigenvalue weighted by molar-refractivity contribution is 5.96. The molecular formula is C28H51N7O10. The van der Waals surface area contributed by atoms with Crippen LogP contribution in [0.25, 0.3) is 0 Å². The van der Waals surface area contributed by atoms with Gasteiger partial charge >= 0.3 is 5.97 Å². The lowest BCUT2D eigenvalue weighted by atomic mass is 9.99. The second-order valence-electron chi connectivity index (χ2n) is 12.0. The number of aliphatic hydroxyl groups excluding tert-OH is 2. The molecule has 0 heterocycles. The van der Waals surface area contributed by atoms with Crippen LogP contribution in [-0.4, -0.2) is 112 Å². The molecule has 11 N–H and O–H groups in total. The zero-order valence-corrected chi connectivity index (χ0v) is 27.3. The molecule has 17 nitrogen and oxygen atoms in total. The monoisotopic (exact) mass is 645 g/mol. The number of aliphatic carboxylic acids is 1. The Kier molecular flexibility index (Phi) is 17.3. The van der Waals surface area contributed by atoms with Gasteiger partial charge in [0.15, 0.2) is 0 Å². The van der Waals surface area contributed by atoms with Crippen LogP contribution < -0.4 is 37.6 Å². The maximum absolute atomic E-state index is 13.0. The predicted octanol–water partition coefficient (Wildman–Crippen LogP) is -3.31. The van der Waals surface area contributed by atoms with E-state index in [0.717, 1.165) is 0 Å². The fraction of sp³-hybridized carbons (Fsp3) is 0.750. The van der Waals surface area contributed by atoms with E-state index in [4.69, 9.17) is 10.8 Å². The quantitative estimate of drug-likeness (QED) is 0.0704. The number of nitrogens with two attached hydrogens (primary N) is 1. The molecule has 8 atom stereocenters. The summed E-state index contributed by atoms with van der Waals surface area (Å²) in [7, 11) is 0. The van der Waals surface area contributed by atoms with E-state index >= 15 is 0 Å². The van der Waals surface area contributed by atoms with Crippen molar-refractivity contribution in [2.45, 2.75) is 111 Å². The first-order valence-corrected chi connectivity index (χ1v) is 14.7. The van der Waals surface area contributed by atoms with Crippen molar-refractivity contribution in [3.63, 3.8) is 0 Å². The van der Waals surface area contributed by atoms with Gasteiger partial charge in [0.2, 0.25) is 35.4 Å². The Hall–Kier alpha value is -3.83. The highest BCUT2D eigenvalue weighted by atomic mass is 16.4. The molecule has 0 aliphatic heterocycles. The molecule has 0 aromatic carbocycles. The van der Waals surface area contributed by atoms with Gasteiger partial charge in [-0.25, -0.2) is 0 Å². The Morgan fingerprint density at radius 3 is 1.29 bits per heavy atom. The van der Waals surface area contributed by atoms with E-state index in [1.165, 1.54) is 20.8 Å². The molecule has 0 aliphatic rings. The second-order valence-corrected chi connectivity index (χ2v) is 12.0. The lowest BCUT2D eigenvalue weighted by molar-refractivity contribution is -0.142. The van der Waals surface area contributed by atoms with Crippen molar-refractivity contribution >= 4 is 41.4 Å². The standard InChI is InChI=1S/C28H51N7O10/c1-11(2)18(29)23(39)33-20(13(5)6)26(42)34-21(15(8)36)24(40)30-10-17(38)32-19(12(3)4)25(41)35-22(16(9)37)27(43)31-14(7)28(44)45/h11-16,18-22,36-37H,10,29H2,1-9H3,(H,30,40)(H,31,43)(H,32,38)(H,33,39)(H,34,42)(H,35,41)(H,44,45)/t14-,15+,16+,18-,19-,20-,21-,22-/m0/s1. The first-order chi connectivity index (χ1) is 20.6. The molecule has 0 aromatic rings. The van der Waals surface area contributed by atoms with Gasteiger partial charge in [-0.15, -0.1) is 0 Å². The molecule has 0 aromatic heterocycles. The molecule has 0 unspecified atom stereocenters. The van der Waals surface area contributed by atoms with Crippen LogP contribution in [0.1, 0.15) is 62.3 Å². The van der Waals surface area contributed by atoms with E-state index in [1.54, 1.807) is 41.5 Å². The third-order valence-corrected chi connectivity index (χ3v) is 6.81. The van der Waals surface area contributed by atoms with Crippen LogP contribution in [0.2, 0.25) is 0 Å². The van der Waals surface area contributed by atoms with Crippen molar-refractivity contribution in [3.05, 3.63) is 0 Å². The van der Waals surface area contributed by atoms with Crippen LogP contribution >= 0.6 is 0 Å². The van der Waals surface area contributed by atoms with E-state index in [1.807, 2.05) is 0 Å². The number of hydrogen-bond acceptors (Lipinski definition) is 10. The summed E-state index contributed by atoms with van der Waals surface area (Å²) in [4.78, 5) is 87.4. The Balaban J connectivity index is 5.46. The van der Waals surface area contributed by atoms with Gasteiger partial charge in [-0.3, -0.25) is 33.6 Å². The van der Waals surface area contributed by atoms with Crippen molar-refractivity contribution in [3.8, 4) is 0 Å². The minimum Gasteiger partial charge on any atom is -0.480 e. The smallest absolute Gasteiger partial charge is 0.325 e. The number of hydrogen-bond donors (Lipinski definition) is 10. The Morgan fingerprint density at radius 1 is 0.533 bits per heavy atom. The second kappa shape index (κ2) is 18.9. The number of carboxylic acid groups (broad SMARTS) is 1. The lowest BCUT2D eigenvalue weighted by Gasteiger charge is -2.28. The molecule has 0 saturated carbocycles. The number of aliphatic hydroxyl groups is 2. The van der Waals surface area contributed by atoms with Gasteiger partial charge in [0.1, 0.15) is 30.2 Å². The van der Waals surface area contributed by atoms with Crippen molar-refractivity contribution in [1.29, 1.82) is 0 Å². The summed E-state index contributed by atoms with van der Waals surface area (Å²) >= 11 is 0. The molecule has 0 spiro atoms. The number of nitrogens with one attached hydrogen (secondary N) is 6. The minimum atomic E-state index is -1.53. The van der Waals surface area contributed by atoms with Gasteiger partial charge < -0.3 is 53.0 Å². The highest BCUT2D eigenvalue weighted by Gasteiger charge is 2.34. The van der Waals surface area contributed by atoms with Crippen LogP contribution in [-0.2, 0) is 33.6 Å². The summed E-state index contributed by atoms with van der Waals surface area (Å²) in [6.45, 7) is 13.0. The topological polar surface area (TPSA) is 278 Å². The highest BCUT2D eigenvalue weighted by Crippen LogP contribution is 2.07. The summed E-state index contributed by atoms with van der Waals surface area (Å²) in [5, 5.41) is 43.3. The van der Waals surface area contributed by atoms with Crippen LogP contribution in [0.3, 0.4) is 0 Å². The summed E-state index contributed by atoms with van der Waals surface area (Å²) < 4.78 is 0. The molecule has 0 bridgehead atoms. The number of carboxylic acids is 1. The number of amides is 6. The normalized spacial score (nSPS) is 16.7. The first kappa shape index (κ1) is 41.2. The maximum atomic E-state index is 13.0. The molecule has 17 heteroatoms. The van der Waals surface area contributed by atoms with Crippen molar-refractivity contribution in [2.75, 3.05) is 6.54 Å². The molecule has 0 rings (SSSR count). The Morgan fingerprint density at radius 2 is 0.911 bits per heavy atom. The van der Waals surface area contributed by atoms with E-state index < -0.39 is 108 Å². The third-order valence-electron chi connectivity index (χ3n) is 6.81. The summed E-state index contributed by atoms with van der Waals surface area (Å²) in [6, 6.07) is -7.53. The zero-order valence-electron chi connectivity index (χ0n) is 27.3. The van der Waals surface area contributed by atoms with E-state index in [9.17, 15) is 43.8 Å². The molecule has 0 aliphatic carbocycles. The molecular weight excluding hydrogens is 594 g/mol. The number of rotatable bonds is 18. The van der Waals surface area contributed by atoms with Gasteiger partial charge in [-0.1, -0.05) is 41.5 Å². The molecule has 6 amide bonds. The largest absolute Gasteiger partial charge is 0.480 e. The third kappa shape index (κ3) is 13.8. The first-order valence-electron chi connectivity index (χ1n) is 14.7. The van der Waals surface area contributed by atoms with E-state index in [0.29, 0.717) is 0 Å². The Bertz CT molecular complexity index is 1060. The van der Waals surface area contributed by atoms with Crippen molar-refractivity contribution in [2.24, 2.45) is 23.5 Å². The van der Waals surface area contributed by atoms with Gasteiger partial charge in [-0.2, -0.15) is 0 Å². The number of carbonyl (C=O) groups excluding carboxylic acids is 6. The predicted molar refractivity (Wildman–Crippen MR) is 162 cm³/mol. The lowest BCUT2D eigenvalue weighted by Crippen LogP contribution is -2.61. The van der Waals surface area contributed by atoms with Crippen molar-refractivity contribution in [1.82, 2.24) is 31.9 Å². The summed E-state index contributed by atoms with van der Waals surface area (Å²) in [5.74, 6) is -7.36. The fourth-order valence-corrected chi connectivity index (χ4v) is 3.79.